The summed E-state index contributed by atoms with van der Waals surface area (Å²) in [5.74, 6) is -0.865. The maximum atomic E-state index is 13.3. The van der Waals surface area contributed by atoms with Crippen LogP contribution < -0.4 is 5.56 Å². The molecule has 1 heterocycles. The Morgan fingerprint density at radius 3 is 2.83 bits per heavy atom. The number of thioether (sulfide) groups is 1. The molecule has 2 rings (SSSR count). The molecule has 6 heteroatoms. The van der Waals surface area contributed by atoms with Gasteiger partial charge in [-0.15, -0.1) is 0 Å². The molecule has 0 saturated carbocycles. The van der Waals surface area contributed by atoms with Crippen LogP contribution in [0.5, 0.6) is 0 Å². The van der Waals surface area contributed by atoms with Gasteiger partial charge in [-0.05, 0) is 12.1 Å². The average molecular weight is 264 g/mol. The first-order valence-electron chi connectivity index (χ1n) is 5.12. The van der Waals surface area contributed by atoms with E-state index in [1.165, 1.54) is 30.5 Å². The molecule has 0 aliphatic rings. The number of ketones is 1. The molecule has 0 unspecified atom stereocenters. The van der Waals surface area contributed by atoms with Gasteiger partial charge in [0.2, 0.25) is 0 Å². The predicted octanol–water partition coefficient (Wildman–Crippen LogP) is 1.88. The highest BCUT2D eigenvalue weighted by Gasteiger charge is 2.11. The minimum Gasteiger partial charge on any atom is -0.301 e. The fourth-order valence-corrected chi connectivity index (χ4v) is 2.06. The summed E-state index contributed by atoms with van der Waals surface area (Å²) in [4.78, 5) is 29.1. The fourth-order valence-electron chi connectivity index (χ4n) is 1.32. The molecule has 0 aliphatic heterocycles. The summed E-state index contributed by atoms with van der Waals surface area (Å²) >= 11 is 1.06. The summed E-state index contributed by atoms with van der Waals surface area (Å²) in [6, 6.07) is 7.07. The summed E-state index contributed by atoms with van der Waals surface area (Å²) in [6.07, 6.45) is 1.36. The number of nitrogens with zero attached hydrogens (tertiary/aromatic N) is 1. The highest BCUT2D eigenvalue weighted by Crippen LogP contribution is 2.15. The van der Waals surface area contributed by atoms with E-state index in [-0.39, 0.29) is 22.7 Å². The number of H-pyrrole nitrogens is 1. The van der Waals surface area contributed by atoms with Gasteiger partial charge in [0, 0.05) is 12.3 Å². The van der Waals surface area contributed by atoms with Gasteiger partial charge in [-0.3, -0.25) is 9.59 Å². The Morgan fingerprint density at radius 1 is 1.33 bits per heavy atom. The Balaban J connectivity index is 2.05. The molecule has 0 spiro atoms. The minimum atomic E-state index is -0.544. The highest BCUT2D eigenvalue weighted by atomic mass is 32.2. The van der Waals surface area contributed by atoms with Crippen LogP contribution in [0, 0.1) is 5.82 Å². The number of hydrogen-bond donors (Lipinski definition) is 1. The summed E-state index contributed by atoms with van der Waals surface area (Å²) < 4.78 is 13.3. The molecule has 4 nitrogen and oxygen atoms in total. The normalized spacial score (nSPS) is 10.3. The number of carbonyl (C=O) groups excluding carboxylic acids is 1. The van der Waals surface area contributed by atoms with Crippen molar-refractivity contribution in [2.24, 2.45) is 0 Å². The number of hydrogen-bond acceptors (Lipinski definition) is 4. The van der Waals surface area contributed by atoms with Crippen molar-refractivity contribution in [3.8, 4) is 0 Å². The van der Waals surface area contributed by atoms with Gasteiger partial charge in [0.1, 0.15) is 5.82 Å². The van der Waals surface area contributed by atoms with Crippen LogP contribution in [0.15, 0.2) is 46.5 Å². The standard InChI is InChI=1S/C12H9FN2O2S/c13-9-4-2-1-3-8(9)10(16)7-18-12-14-6-5-11(17)15-12/h1-6H,7H2,(H,14,15,17). The summed E-state index contributed by atoms with van der Waals surface area (Å²) in [7, 11) is 0. The van der Waals surface area contributed by atoms with Gasteiger partial charge in [-0.1, -0.05) is 23.9 Å². The number of aromatic nitrogens is 2. The van der Waals surface area contributed by atoms with Gasteiger partial charge in [-0.25, -0.2) is 9.37 Å². The molecule has 1 aromatic heterocycles. The van der Waals surface area contributed by atoms with Gasteiger partial charge < -0.3 is 4.98 Å². The van der Waals surface area contributed by atoms with Crippen molar-refractivity contribution in [3.63, 3.8) is 0 Å². The summed E-state index contributed by atoms with van der Waals surface area (Å²) in [5.41, 5.74) is -0.242. The van der Waals surface area contributed by atoms with E-state index in [0.29, 0.717) is 5.16 Å². The second-order valence-corrected chi connectivity index (χ2v) is 4.39. The van der Waals surface area contributed by atoms with Crippen LogP contribution in [-0.2, 0) is 0 Å². The number of benzene rings is 1. The number of aromatic amines is 1. The first kappa shape index (κ1) is 12.5. The van der Waals surface area contributed by atoms with Gasteiger partial charge in [0.05, 0.1) is 11.3 Å². The molecular weight excluding hydrogens is 255 g/mol. The first-order valence-corrected chi connectivity index (χ1v) is 6.11. The third kappa shape index (κ3) is 3.04. The molecule has 0 fully saturated rings. The smallest absolute Gasteiger partial charge is 0.251 e. The van der Waals surface area contributed by atoms with Crippen LogP contribution in [0.4, 0.5) is 4.39 Å². The second-order valence-electron chi connectivity index (χ2n) is 3.43. The maximum Gasteiger partial charge on any atom is 0.251 e. The van der Waals surface area contributed by atoms with Crippen molar-refractivity contribution in [1.29, 1.82) is 0 Å². The molecule has 1 aromatic carbocycles. The summed E-state index contributed by atoms with van der Waals surface area (Å²) in [5, 5.41) is 0.340. The number of rotatable bonds is 4. The van der Waals surface area contributed by atoms with Crippen LogP contribution in [0.2, 0.25) is 0 Å². The van der Waals surface area contributed by atoms with Gasteiger partial charge in [-0.2, -0.15) is 0 Å². The molecule has 18 heavy (non-hydrogen) atoms. The lowest BCUT2D eigenvalue weighted by Gasteiger charge is -2.01. The van der Waals surface area contributed by atoms with Gasteiger partial charge in [0.25, 0.3) is 5.56 Å². The zero-order valence-corrected chi connectivity index (χ0v) is 10.0. The molecule has 0 atom stereocenters. The van der Waals surface area contributed by atoms with Crippen LogP contribution in [0.1, 0.15) is 10.4 Å². The van der Waals surface area contributed by atoms with Crippen LogP contribution in [0.25, 0.3) is 0 Å². The largest absolute Gasteiger partial charge is 0.301 e. The monoisotopic (exact) mass is 264 g/mol. The van der Waals surface area contributed by atoms with Crippen molar-refractivity contribution in [2.45, 2.75) is 5.16 Å². The van der Waals surface area contributed by atoms with Crippen LogP contribution in [0.3, 0.4) is 0 Å². The van der Waals surface area contributed by atoms with E-state index in [1.807, 2.05) is 0 Å². The van der Waals surface area contributed by atoms with E-state index in [0.717, 1.165) is 11.8 Å². The van der Waals surface area contributed by atoms with E-state index in [9.17, 15) is 14.0 Å². The van der Waals surface area contributed by atoms with Crippen molar-refractivity contribution < 1.29 is 9.18 Å². The van der Waals surface area contributed by atoms with Crippen LogP contribution in [-0.4, -0.2) is 21.5 Å². The first-order chi connectivity index (χ1) is 8.66. The third-order valence-electron chi connectivity index (χ3n) is 2.16. The van der Waals surface area contributed by atoms with Crippen LogP contribution >= 0.6 is 11.8 Å². The van der Waals surface area contributed by atoms with Gasteiger partial charge in [0.15, 0.2) is 10.9 Å². The number of nitrogens with one attached hydrogen (secondary N) is 1. The van der Waals surface area contributed by atoms with E-state index >= 15 is 0 Å². The third-order valence-corrected chi connectivity index (χ3v) is 3.05. The zero-order valence-electron chi connectivity index (χ0n) is 9.22. The highest BCUT2D eigenvalue weighted by molar-refractivity contribution is 7.99. The fraction of sp³-hybridized carbons (Fsp3) is 0.0833. The summed E-state index contributed by atoms with van der Waals surface area (Å²) in [6.45, 7) is 0. The molecular formula is C12H9FN2O2S. The Hall–Kier alpha value is -1.95. The average Bonchev–Trinajstić information content (AvgIpc) is 2.37. The molecule has 0 saturated heterocycles. The lowest BCUT2D eigenvalue weighted by atomic mass is 10.1. The molecule has 92 valence electrons. The molecule has 0 aliphatic carbocycles. The quantitative estimate of drug-likeness (QED) is 0.520. The second kappa shape index (κ2) is 5.59. The lowest BCUT2D eigenvalue weighted by molar-refractivity contribution is 0.101. The van der Waals surface area contributed by atoms with Crippen molar-refractivity contribution in [1.82, 2.24) is 9.97 Å². The Bertz CT molecular complexity index is 627. The topological polar surface area (TPSA) is 62.8 Å². The molecule has 0 radical (unpaired) electrons. The van der Waals surface area contributed by atoms with E-state index < -0.39 is 5.82 Å². The zero-order chi connectivity index (χ0) is 13.0. The van der Waals surface area contributed by atoms with E-state index in [2.05, 4.69) is 9.97 Å². The van der Waals surface area contributed by atoms with Gasteiger partial charge >= 0.3 is 0 Å². The SMILES string of the molecule is O=C(CSc1nccc(=O)[nH]1)c1ccccc1F. The maximum absolute atomic E-state index is 13.3. The van der Waals surface area contributed by atoms with E-state index in [1.54, 1.807) is 6.07 Å². The minimum absolute atomic E-state index is 0.0217. The molecule has 1 N–H and O–H groups in total. The molecule has 0 amide bonds. The van der Waals surface area contributed by atoms with Crippen molar-refractivity contribution in [2.75, 3.05) is 5.75 Å². The Morgan fingerprint density at radius 2 is 2.11 bits per heavy atom. The number of carbonyl (C=O) groups is 1. The molecule has 2 aromatic rings. The van der Waals surface area contributed by atoms with Crippen molar-refractivity contribution in [3.05, 3.63) is 58.3 Å². The number of halogens is 1. The Kier molecular flexibility index (Phi) is 3.88. The predicted molar refractivity (Wildman–Crippen MR) is 66.3 cm³/mol. The van der Waals surface area contributed by atoms with Crippen molar-refractivity contribution >= 4 is 17.5 Å². The number of Topliss-reactive ketones (excluding diaryl/α,β-unsaturated/α-hetero) is 1. The lowest BCUT2D eigenvalue weighted by Crippen LogP contribution is -2.08. The molecule has 0 bridgehead atoms. The van der Waals surface area contributed by atoms with E-state index in [4.69, 9.17) is 0 Å². The Labute approximate surface area is 106 Å².